The van der Waals surface area contributed by atoms with Crippen LogP contribution in [0.4, 0.5) is 8.78 Å². The van der Waals surface area contributed by atoms with Gasteiger partial charge in [0.2, 0.25) is 0 Å². The number of hydrogen-bond acceptors (Lipinski definition) is 4. The zero-order valence-electron chi connectivity index (χ0n) is 19.8. The van der Waals surface area contributed by atoms with Crippen LogP contribution in [-0.4, -0.2) is 35.5 Å². The monoisotopic (exact) mass is 490 g/mol. The van der Waals surface area contributed by atoms with E-state index in [1.54, 1.807) is 42.5 Å². The molecule has 1 saturated heterocycles. The van der Waals surface area contributed by atoms with E-state index in [9.17, 15) is 18.7 Å². The highest BCUT2D eigenvalue weighted by molar-refractivity contribution is 5.96. The van der Waals surface area contributed by atoms with E-state index in [1.165, 1.54) is 12.1 Å². The molecule has 7 heteroatoms. The quantitative estimate of drug-likeness (QED) is 0.375. The molecule has 5 rings (SSSR count). The summed E-state index contributed by atoms with van der Waals surface area (Å²) in [5, 5.41) is 14.9. The van der Waals surface area contributed by atoms with Crippen LogP contribution in [0.1, 0.15) is 40.1 Å². The summed E-state index contributed by atoms with van der Waals surface area (Å²) < 4.78 is 33.0. The number of fused-ring (bicyclic) bond motifs is 1. The van der Waals surface area contributed by atoms with E-state index in [0.717, 1.165) is 16.5 Å². The number of furan rings is 1. The van der Waals surface area contributed by atoms with Crippen molar-refractivity contribution in [1.29, 1.82) is 0 Å². The summed E-state index contributed by atoms with van der Waals surface area (Å²) in [4.78, 5) is 14.8. The van der Waals surface area contributed by atoms with Crippen molar-refractivity contribution in [1.82, 2.24) is 10.2 Å². The maximum Gasteiger partial charge on any atom is 0.287 e. The standard InChI is InChI=1S/C29H28F2N2O3/c30-24-6-3-4-20(16-24)19-33-14-11-29(35,12-15-33)23-8-9-26-22(17-23)18-27(36-26)28(34)32-13-10-21-5-1-2-7-25(21)31/h1-9,16-18,35H,10-15,19H2,(H,32,34). The number of amides is 1. The van der Waals surface area contributed by atoms with Gasteiger partial charge in [-0.25, -0.2) is 8.78 Å². The fraction of sp³-hybridized carbons (Fsp3) is 0.276. The van der Waals surface area contributed by atoms with Crippen LogP contribution in [0.2, 0.25) is 0 Å². The van der Waals surface area contributed by atoms with E-state index in [-0.39, 0.29) is 29.8 Å². The van der Waals surface area contributed by atoms with Gasteiger partial charge < -0.3 is 14.8 Å². The summed E-state index contributed by atoms with van der Waals surface area (Å²) in [6.07, 6.45) is 1.48. The first kappa shape index (κ1) is 24.2. The Morgan fingerprint density at radius 3 is 2.58 bits per heavy atom. The summed E-state index contributed by atoms with van der Waals surface area (Å²) in [7, 11) is 0. The minimum Gasteiger partial charge on any atom is -0.451 e. The Kier molecular flexibility index (Phi) is 6.85. The van der Waals surface area contributed by atoms with E-state index in [2.05, 4.69) is 10.2 Å². The van der Waals surface area contributed by atoms with Gasteiger partial charge >= 0.3 is 0 Å². The van der Waals surface area contributed by atoms with Crippen molar-refractivity contribution in [2.75, 3.05) is 19.6 Å². The van der Waals surface area contributed by atoms with Crippen molar-refractivity contribution in [3.05, 3.63) is 107 Å². The van der Waals surface area contributed by atoms with E-state index in [0.29, 0.717) is 50.0 Å². The number of carbonyl (C=O) groups excluding carboxylic acids is 1. The first-order valence-electron chi connectivity index (χ1n) is 12.1. The molecule has 2 N–H and O–H groups in total. The molecule has 0 bridgehead atoms. The van der Waals surface area contributed by atoms with Gasteiger partial charge in [0.25, 0.3) is 5.91 Å². The van der Waals surface area contributed by atoms with Gasteiger partial charge in [0.1, 0.15) is 17.2 Å². The largest absolute Gasteiger partial charge is 0.451 e. The van der Waals surface area contributed by atoms with Crippen LogP contribution in [0.25, 0.3) is 11.0 Å². The number of likely N-dealkylation sites (tertiary alicyclic amines) is 1. The number of hydrogen-bond donors (Lipinski definition) is 2. The lowest BCUT2D eigenvalue weighted by molar-refractivity contribution is -0.0276. The first-order valence-corrected chi connectivity index (χ1v) is 12.1. The number of nitrogens with zero attached hydrogens (tertiary/aromatic N) is 1. The highest BCUT2D eigenvalue weighted by Gasteiger charge is 2.34. The van der Waals surface area contributed by atoms with Gasteiger partial charge in [0.15, 0.2) is 5.76 Å². The summed E-state index contributed by atoms with van der Waals surface area (Å²) >= 11 is 0. The van der Waals surface area contributed by atoms with Crippen LogP contribution in [0, 0.1) is 11.6 Å². The highest BCUT2D eigenvalue weighted by Crippen LogP contribution is 2.35. The number of nitrogens with one attached hydrogen (secondary N) is 1. The van der Waals surface area contributed by atoms with Crippen molar-refractivity contribution >= 4 is 16.9 Å². The molecule has 3 aromatic carbocycles. The molecule has 0 spiro atoms. The third-order valence-electron chi connectivity index (χ3n) is 6.89. The lowest BCUT2D eigenvalue weighted by Crippen LogP contribution is -2.42. The normalized spacial score (nSPS) is 15.8. The average Bonchev–Trinajstić information content (AvgIpc) is 3.31. The SMILES string of the molecule is O=C(NCCc1ccccc1F)c1cc2cc(C3(O)CCN(Cc4cccc(F)c4)CC3)ccc2o1. The van der Waals surface area contributed by atoms with E-state index in [4.69, 9.17) is 4.42 Å². The van der Waals surface area contributed by atoms with Crippen molar-refractivity contribution < 1.29 is 23.1 Å². The van der Waals surface area contributed by atoms with Crippen LogP contribution in [0.5, 0.6) is 0 Å². The molecule has 5 nitrogen and oxygen atoms in total. The molecule has 0 atom stereocenters. The second-order valence-electron chi connectivity index (χ2n) is 9.40. The van der Waals surface area contributed by atoms with Crippen molar-refractivity contribution in [2.24, 2.45) is 0 Å². The van der Waals surface area contributed by atoms with Crippen molar-refractivity contribution in [3.63, 3.8) is 0 Å². The average molecular weight is 491 g/mol. The zero-order valence-corrected chi connectivity index (χ0v) is 19.8. The van der Waals surface area contributed by atoms with Crippen LogP contribution >= 0.6 is 0 Å². The first-order chi connectivity index (χ1) is 17.4. The molecule has 1 fully saturated rings. The molecule has 4 aromatic rings. The Bertz CT molecular complexity index is 1380. The third kappa shape index (κ3) is 5.32. The topological polar surface area (TPSA) is 65.7 Å². The lowest BCUT2D eigenvalue weighted by atomic mass is 9.84. The maximum absolute atomic E-state index is 13.8. The predicted octanol–water partition coefficient (Wildman–Crippen LogP) is 5.17. The molecular formula is C29H28F2N2O3. The van der Waals surface area contributed by atoms with Crippen LogP contribution in [0.3, 0.4) is 0 Å². The highest BCUT2D eigenvalue weighted by atomic mass is 19.1. The van der Waals surface area contributed by atoms with E-state index in [1.807, 2.05) is 18.2 Å². The number of halogens is 2. The molecule has 0 radical (unpaired) electrons. The van der Waals surface area contributed by atoms with Crippen LogP contribution in [0.15, 0.2) is 77.2 Å². The smallest absolute Gasteiger partial charge is 0.287 e. The summed E-state index contributed by atoms with van der Waals surface area (Å²) in [5.41, 5.74) is 1.83. The maximum atomic E-state index is 13.8. The second kappa shape index (κ2) is 10.2. The minimum atomic E-state index is -0.980. The molecule has 0 unspecified atom stereocenters. The summed E-state index contributed by atoms with van der Waals surface area (Å²) in [6.45, 7) is 2.30. The minimum absolute atomic E-state index is 0.174. The van der Waals surface area contributed by atoms with Crippen molar-refractivity contribution in [2.45, 2.75) is 31.4 Å². The Labute approximate surface area is 208 Å². The molecule has 1 aliphatic heterocycles. The van der Waals surface area contributed by atoms with Crippen LogP contribution in [-0.2, 0) is 18.6 Å². The molecule has 1 amide bonds. The van der Waals surface area contributed by atoms with Gasteiger partial charge in [-0.05, 0) is 72.4 Å². The Balaban J connectivity index is 1.21. The number of aliphatic hydroxyl groups is 1. The third-order valence-corrected chi connectivity index (χ3v) is 6.89. The van der Waals surface area contributed by atoms with Gasteiger partial charge in [0.05, 0.1) is 5.60 Å². The van der Waals surface area contributed by atoms with E-state index >= 15 is 0 Å². The van der Waals surface area contributed by atoms with Gasteiger partial charge in [-0.1, -0.05) is 36.4 Å². The molecule has 1 aromatic heterocycles. The molecule has 36 heavy (non-hydrogen) atoms. The molecular weight excluding hydrogens is 462 g/mol. The van der Waals surface area contributed by atoms with Crippen LogP contribution < -0.4 is 5.32 Å². The lowest BCUT2D eigenvalue weighted by Gasteiger charge is -2.38. The molecule has 186 valence electrons. The Morgan fingerprint density at radius 2 is 1.81 bits per heavy atom. The Hall–Kier alpha value is -3.55. The Morgan fingerprint density at radius 1 is 1.00 bits per heavy atom. The number of rotatable bonds is 7. The fourth-order valence-electron chi connectivity index (χ4n) is 4.81. The fourth-order valence-corrected chi connectivity index (χ4v) is 4.81. The van der Waals surface area contributed by atoms with Gasteiger partial charge in [-0.3, -0.25) is 9.69 Å². The van der Waals surface area contributed by atoms with E-state index < -0.39 is 5.60 Å². The number of carbonyl (C=O) groups is 1. The number of benzene rings is 3. The second-order valence-corrected chi connectivity index (χ2v) is 9.40. The number of piperidine rings is 1. The molecule has 2 heterocycles. The van der Waals surface area contributed by atoms with Crippen molar-refractivity contribution in [3.8, 4) is 0 Å². The molecule has 0 saturated carbocycles. The van der Waals surface area contributed by atoms with Gasteiger partial charge in [-0.15, -0.1) is 0 Å². The molecule has 0 aliphatic carbocycles. The summed E-state index contributed by atoms with van der Waals surface area (Å²) in [5.74, 6) is -0.727. The van der Waals surface area contributed by atoms with Gasteiger partial charge in [0, 0.05) is 31.6 Å². The zero-order chi connectivity index (χ0) is 25.1. The molecule has 1 aliphatic rings. The van der Waals surface area contributed by atoms with Gasteiger partial charge in [-0.2, -0.15) is 0 Å². The summed E-state index contributed by atoms with van der Waals surface area (Å²) in [6, 6.07) is 20.2. The predicted molar refractivity (Wildman–Crippen MR) is 133 cm³/mol.